The summed E-state index contributed by atoms with van der Waals surface area (Å²) < 4.78 is 41.9. The van der Waals surface area contributed by atoms with Crippen LogP contribution in [0.25, 0.3) is 0 Å². The fourth-order valence-electron chi connectivity index (χ4n) is 17.9. The highest BCUT2D eigenvalue weighted by atomic mass is 32.2. The molecule has 0 unspecified atom stereocenters. The van der Waals surface area contributed by atoms with Crippen molar-refractivity contribution >= 4 is 102 Å². The number of nitrogens with two attached hydrogens (primary N) is 3. The number of piperazine rings is 3. The van der Waals surface area contributed by atoms with Crippen molar-refractivity contribution in [3.05, 3.63) is 124 Å². The van der Waals surface area contributed by atoms with E-state index < -0.39 is 28.5 Å². The second kappa shape index (κ2) is 63.3. The van der Waals surface area contributed by atoms with Crippen molar-refractivity contribution in [1.82, 2.24) is 74.8 Å². The van der Waals surface area contributed by atoms with Crippen molar-refractivity contribution in [2.45, 2.75) is 293 Å². The first-order valence-corrected chi connectivity index (χ1v) is 52.7. The Labute approximate surface area is 875 Å². The van der Waals surface area contributed by atoms with Gasteiger partial charge in [0, 0.05) is 200 Å². The predicted molar refractivity (Wildman–Crippen MR) is 577 cm³/mol. The summed E-state index contributed by atoms with van der Waals surface area (Å²) >= 11 is 1.18. The van der Waals surface area contributed by atoms with Gasteiger partial charge >= 0.3 is 24.4 Å². The minimum Gasteiger partial charge on any atom is -0.444 e. The molecule has 4 amide bonds. The van der Waals surface area contributed by atoms with Gasteiger partial charge in [0.2, 0.25) is 17.8 Å². The van der Waals surface area contributed by atoms with E-state index in [9.17, 15) is 24.3 Å². The van der Waals surface area contributed by atoms with E-state index in [2.05, 4.69) is 114 Å². The van der Waals surface area contributed by atoms with Crippen LogP contribution in [0.2, 0.25) is 0 Å². The molecule has 818 valence electrons. The molecule has 6 aliphatic rings. The first kappa shape index (κ1) is 122. The fraction of sp³-hybridized carbons (Fsp3) is 0.670. The molecule has 0 radical (unpaired) electrons. The summed E-state index contributed by atoms with van der Waals surface area (Å²) in [6.07, 6.45) is 18.6. The van der Waals surface area contributed by atoms with Crippen LogP contribution in [0.15, 0.2) is 91.0 Å². The molecule has 3 saturated heterocycles. The molecule has 6 aromatic rings. The number of hydrogen-bond donors (Lipinski definition) is 11. The van der Waals surface area contributed by atoms with Crippen molar-refractivity contribution in [2.75, 3.05) is 205 Å². The number of aromatic nitrogens is 6. The second-order valence-electron chi connectivity index (χ2n) is 41.5. The van der Waals surface area contributed by atoms with E-state index in [4.69, 9.17) is 70.0 Å². The molecule has 41 nitrogen and oxygen atoms in total. The Kier molecular flexibility index (Phi) is 52.7. The van der Waals surface area contributed by atoms with E-state index in [0.717, 1.165) is 214 Å². The molecule has 0 bridgehead atoms. The average Bonchev–Trinajstić information content (AvgIpc) is 0.830. The Morgan fingerprint density at radius 2 is 0.699 bits per heavy atom. The Morgan fingerprint density at radius 1 is 0.390 bits per heavy atom. The SMILES string of the molecule is C.C.CC(C)(C)OC(=O)N(CCCN(C(=O)OC(C)(C)C)C1CCCCC1)Cc1ccc(CNc2nc(N)cc(N3CCN(CCO)CC3)n2)cc1.CC(C)(C)OC(=O)N(CCCN(C(=O)OC(C)(C)C)C1CCCCC1)Cc1ccc(CNc2nc(N)cc(N3CCN(CCOSOOO)CC3)n2)cc1.Nc1cc(N2CCN(CCOSOOO)CC2)nc(NCc2ccc(CNCCCNC3CCCCC3)cc2)n1. The molecule has 12 rings (SSSR count). The lowest BCUT2D eigenvalue weighted by Gasteiger charge is -2.36. The van der Waals surface area contributed by atoms with Crippen LogP contribution < -0.4 is 58.5 Å². The normalized spacial score (nSPS) is 16.0. The monoisotopic (exact) mass is 2080 g/mol. The van der Waals surface area contributed by atoms with Crippen molar-refractivity contribution in [2.24, 2.45) is 0 Å². The topological polar surface area (TPSA) is 469 Å². The highest BCUT2D eigenvalue weighted by molar-refractivity contribution is 7.89. The number of carbonyl (C=O) groups excluding carboxylic acids is 4. The molecule has 6 heterocycles. The minimum atomic E-state index is -0.644. The first-order valence-electron chi connectivity index (χ1n) is 51.4. The lowest BCUT2D eigenvalue weighted by molar-refractivity contribution is -0.434. The number of nitrogens with one attached hydrogen (secondary N) is 5. The van der Waals surface area contributed by atoms with Crippen molar-refractivity contribution < 1.29 is 80.9 Å². The highest BCUT2D eigenvalue weighted by Gasteiger charge is 2.35. The number of carbonyl (C=O) groups is 4. The Bertz CT molecular complexity index is 4700. The predicted octanol–water partition coefficient (Wildman–Crippen LogP) is 16.4. The van der Waals surface area contributed by atoms with Crippen LogP contribution in [0.5, 0.6) is 0 Å². The van der Waals surface area contributed by atoms with Gasteiger partial charge in [-0.3, -0.25) is 23.1 Å². The quantitative estimate of drug-likeness (QED) is 0.00556. The maximum atomic E-state index is 13.4. The number of nitrogens with zero attached hydrogens (tertiary/aromatic N) is 16. The summed E-state index contributed by atoms with van der Waals surface area (Å²) in [5, 5.41) is 49.7. The lowest BCUT2D eigenvalue weighted by Crippen LogP contribution is -2.47. The van der Waals surface area contributed by atoms with Gasteiger partial charge in [0.1, 0.15) is 57.3 Å². The number of nitrogen functional groups attached to an aromatic ring is 3. The molecule has 3 aromatic heterocycles. The molecular weight excluding hydrogens is 1910 g/mol. The minimum absolute atomic E-state index is 0. The average molecular weight is 2080 g/mol. The summed E-state index contributed by atoms with van der Waals surface area (Å²) in [4.78, 5) is 101. The molecule has 0 atom stereocenters. The van der Waals surface area contributed by atoms with Gasteiger partial charge in [0.05, 0.1) is 19.8 Å². The van der Waals surface area contributed by atoms with E-state index in [1.54, 1.807) is 21.9 Å². The van der Waals surface area contributed by atoms with Crippen molar-refractivity contribution in [1.29, 1.82) is 0 Å². The molecule has 3 aliphatic heterocycles. The van der Waals surface area contributed by atoms with E-state index >= 15 is 0 Å². The second-order valence-corrected chi connectivity index (χ2v) is 42.5. The van der Waals surface area contributed by atoms with Crippen molar-refractivity contribution in [3.8, 4) is 0 Å². The van der Waals surface area contributed by atoms with E-state index in [1.165, 1.54) is 50.5 Å². The largest absolute Gasteiger partial charge is 0.444 e. The number of rotatable bonds is 47. The highest BCUT2D eigenvalue weighted by Crippen LogP contribution is 2.31. The maximum Gasteiger partial charge on any atom is 0.410 e. The first-order chi connectivity index (χ1) is 69.1. The van der Waals surface area contributed by atoms with Gasteiger partial charge in [0.15, 0.2) is 24.6 Å². The third kappa shape index (κ3) is 46.2. The standard InChI is InChI=1S/C37H60N8O8S.C37H60N8O5.C27H44N8O4S.2CH4/c1-36(2,3)50-34(46)44(17-10-18-45(30-11-8-7-9-12-30)35(47)51-37(4,5)6)27-29-15-13-28(14-16-29)26-39-33-40-31(38)25-32(41-33)43-21-19-42(20-22-43)23-24-49-54-53-52-48;1-36(2,3)49-34(47)44(17-10-18-45(30-11-8-7-9-12-30)35(48)50-37(4,5)6)27-29-15-13-28(14-16-29)26-39-33-40-31(38)25-32(41-33)43-21-19-42(20-22-43)23-24-46;28-25-19-26(35-15-13-34(14-16-35)17-18-37-40-39-38-36)33-27(32-25)31-21-23-9-7-22(8-10-23)20-29-11-4-12-30-24-5-2-1-3-6-24;;/h13-16,25,30,48H,7-12,17-24,26-27H2,1-6H3,(H3,38,39,40,41);13-16,25,30,46H,7-12,17-24,26-27H2,1-6H3,(H3,38,39,40,41);7-10,19,24,29-30,36H,1-6,11-18,20-21H2,(H3,28,31,32,33);2*1H4. The number of ether oxygens (including phenoxy) is 4. The number of amides is 4. The van der Waals surface area contributed by atoms with Gasteiger partial charge in [-0.2, -0.15) is 29.9 Å². The number of aliphatic hydroxyl groups excluding tert-OH is 1. The van der Waals surface area contributed by atoms with E-state index in [1.807, 2.05) is 147 Å². The summed E-state index contributed by atoms with van der Waals surface area (Å²) in [6, 6.07) is 31.2. The number of benzene rings is 3. The van der Waals surface area contributed by atoms with E-state index in [-0.39, 0.29) is 51.8 Å². The summed E-state index contributed by atoms with van der Waals surface area (Å²) in [7, 11) is 0. The zero-order chi connectivity index (χ0) is 103. The Balaban J connectivity index is 0.000000268. The van der Waals surface area contributed by atoms with Crippen LogP contribution in [-0.4, -0.2) is 302 Å². The van der Waals surface area contributed by atoms with Crippen LogP contribution >= 0.6 is 24.6 Å². The van der Waals surface area contributed by atoms with Crippen LogP contribution in [-0.2, 0) is 85.3 Å². The van der Waals surface area contributed by atoms with Crippen LogP contribution in [0.1, 0.15) is 247 Å². The fourth-order valence-corrected chi connectivity index (χ4v) is 18.3. The summed E-state index contributed by atoms with van der Waals surface area (Å²) in [5.74, 6) is 5.04. The zero-order valence-electron chi connectivity index (χ0n) is 87.1. The van der Waals surface area contributed by atoms with Gasteiger partial charge < -0.3 is 102 Å². The third-order valence-corrected chi connectivity index (χ3v) is 26.0. The smallest absolute Gasteiger partial charge is 0.410 e. The molecule has 43 heteroatoms. The van der Waals surface area contributed by atoms with Gasteiger partial charge in [-0.15, -0.1) is 8.67 Å². The van der Waals surface area contributed by atoms with Crippen molar-refractivity contribution in [3.63, 3.8) is 0 Å². The summed E-state index contributed by atoms with van der Waals surface area (Å²) in [6.45, 7) is 42.8. The van der Waals surface area contributed by atoms with Crippen LogP contribution in [0.3, 0.4) is 0 Å². The third-order valence-electron chi connectivity index (χ3n) is 25.2. The molecule has 3 aromatic carbocycles. The number of hydrogen-bond acceptors (Lipinski definition) is 39. The molecule has 146 heavy (non-hydrogen) atoms. The molecule has 3 saturated carbocycles. The van der Waals surface area contributed by atoms with Gasteiger partial charge in [0.25, 0.3) is 0 Å². The number of anilines is 9. The summed E-state index contributed by atoms with van der Waals surface area (Å²) in [5.41, 5.74) is 22.4. The molecule has 6 fully saturated rings. The van der Waals surface area contributed by atoms with Crippen LogP contribution in [0, 0.1) is 0 Å². The van der Waals surface area contributed by atoms with E-state index in [0.29, 0.717) is 158 Å². The van der Waals surface area contributed by atoms with Crippen LogP contribution in [0.4, 0.5) is 71.9 Å². The van der Waals surface area contributed by atoms with Gasteiger partial charge in [-0.05, 0) is 187 Å². The molecule has 3 aliphatic carbocycles. The molecule has 0 spiro atoms. The molecule has 14 N–H and O–H groups in total. The zero-order valence-corrected chi connectivity index (χ0v) is 88.7. The number of aliphatic hydroxyl groups is 1. The van der Waals surface area contributed by atoms with Gasteiger partial charge in [-0.1, -0.05) is 156 Å². The molecular formula is C103H172N24O17S2. The lowest BCUT2D eigenvalue weighted by atomic mass is 9.94. The Hall–Kier alpha value is -9.68. The number of β-amino-alcohol motifs (C(OH)–C–C–N with tert-alkyl or cyclic N) is 1. The van der Waals surface area contributed by atoms with Gasteiger partial charge in [-0.25, -0.2) is 29.7 Å². The Morgan fingerprint density at radius 3 is 1.02 bits per heavy atom. The maximum absolute atomic E-state index is 13.4.